The molecule has 0 saturated carbocycles. The highest BCUT2D eigenvalue weighted by atomic mass is 35.5. The maximum Gasteiger partial charge on any atom is 0.222 e. The second-order valence-electron chi connectivity index (χ2n) is 3.82. The van der Waals surface area contributed by atoms with Crippen molar-refractivity contribution in [3.8, 4) is 5.75 Å². The van der Waals surface area contributed by atoms with Crippen LogP contribution in [-0.2, 0) is 4.79 Å². The van der Waals surface area contributed by atoms with Gasteiger partial charge in [0.05, 0.1) is 11.6 Å². The summed E-state index contributed by atoms with van der Waals surface area (Å²) < 4.78 is 18.4. The number of carbonyl (C=O) groups is 1. The van der Waals surface area contributed by atoms with Crippen molar-refractivity contribution in [2.24, 2.45) is 0 Å². The second kappa shape index (κ2) is 6.45. The van der Waals surface area contributed by atoms with E-state index in [1.54, 1.807) is 20.2 Å². The molecule has 3 nitrogen and oxygen atoms in total. The van der Waals surface area contributed by atoms with Crippen LogP contribution in [0.25, 0.3) is 0 Å². The van der Waals surface area contributed by atoms with Gasteiger partial charge >= 0.3 is 0 Å². The van der Waals surface area contributed by atoms with Crippen molar-refractivity contribution in [3.05, 3.63) is 29.0 Å². The molecule has 0 spiro atoms. The molecule has 0 N–H and O–H groups in total. The Kier molecular flexibility index (Phi) is 5.22. The Bertz CT molecular complexity index is 396. The average Bonchev–Trinajstić information content (AvgIpc) is 2.28. The molecule has 0 fully saturated rings. The summed E-state index contributed by atoms with van der Waals surface area (Å²) in [4.78, 5) is 12.8. The standard InChI is InChI=1S/C12H15ClFNO2/c1-15(2)12(16)4-3-7-17-9-5-6-10(13)11(14)8-9/h5-6,8H,3-4,7H2,1-2H3. The summed E-state index contributed by atoms with van der Waals surface area (Å²) in [5, 5.41) is 0.0696. The highest BCUT2D eigenvalue weighted by molar-refractivity contribution is 6.30. The fraction of sp³-hybridized carbons (Fsp3) is 0.417. The minimum absolute atomic E-state index is 0.0517. The van der Waals surface area contributed by atoms with Crippen LogP contribution in [0, 0.1) is 5.82 Å². The van der Waals surface area contributed by atoms with Gasteiger partial charge < -0.3 is 9.64 Å². The van der Waals surface area contributed by atoms with Crippen LogP contribution in [0.4, 0.5) is 4.39 Å². The molecule has 94 valence electrons. The number of halogens is 2. The fourth-order valence-corrected chi connectivity index (χ4v) is 1.32. The summed E-state index contributed by atoms with van der Waals surface area (Å²) in [7, 11) is 3.41. The van der Waals surface area contributed by atoms with Crippen molar-refractivity contribution in [3.63, 3.8) is 0 Å². The lowest BCUT2D eigenvalue weighted by Crippen LogP contribution is -2.21. The smallest absolute Gasteiger partial charge is 0.222 e. The first-order chi connectivity index (χ1) is 8.00. The molecule has 0 saturated heterocycles. The quantitative estimate of drug-likeness (QED) is 0.761. The van der Waals surface area contributed by atoms with E-state index in [4.69, 9.17) is 16.3 Å². The molecule has 0 aliphatic rings. The number of nitrogens with zero attached hydrogens (tertiary/aromatic N) is 1. The Morgan fingerprint density at radius 1 is 1.47 bits per heavy atom. The first-order valence-electron chi connectivity index (χ1n) is 5.28. The maximum absolute atomic E-state index is 13.0. The third-order valence-corrected chi connectivity index (χ3v) is 2.50. The van der Waals surface area contributed by atoms with Crippen molar-refractivity contribution >= 4 is 17.5 Å². The zero-order chi connectivity index (χ0) is 12.8. The predicted molar refractivity (Wildman–Crippen MR) is 64.8 cm³/mol. The van der Waals surface area contributed by atoms with Crippen molar-refractivity contribution < 1.29 is 13.9 Å². The molecule has 0 unspecified atom stereocenters. The van der Waals surface area contributed by atoms with E-state index >= 15 is 0 Å². The van der Waals surface area contributed by atoms with Gasteiger partial charge in [0.1, 0.15) is 11.6 Å². The van der Waals surface area contributed by atoms with Crippen molar-refractivity contribution in [2.75, 3.05) is 20.7 Å². The Hall–Kier alpha value is -1.29. The Morgan fingerprint density at radius 3 is 2.76 bits per heavy atom. The molecular weight excluding hydrogens is 245 g/mol. The van der Waals surface area contributed by atoms with Gasteiger partial charge in [0.25, 0.3) is 0 Å². The van der Waals surface area contributed by atoms with Gasteiger partial charge in [-0.05, 0) is 18.6 Å². The molecule has 0 aliphatic carbocycles. The summed E-state index contributed by atoms with van der Waals surface area (Å²) in [5.41, 5.74) is 0. The van der Waals surface area contributed by atoms with E-state index in [-0.39, 0.29) is 10.9 Å². The lowest BCUT2D eigenvalue weighted by atomic mass is 10.3. The molecule has 5 heteroatoms. The van der Waals surface area contributed by atoms with Crippen molar-refractivity contribution in [2.45, 2.75) is 12.8 Å². The molecule has 0 heterocycles. The van der Waals surface area contributed by atoms with E-state index in [9.17, 15) is 9.18 Å². The second-order valence-corrected chi connectivity index (χ2v) is 4.22. The number of rotatable bonds is 5. The Morgan fingerprint density at radius 2 is 2.18 bits per heavy atom. The minimum Gasteiger partial charge on any atom is -0.493 e. The first kappa shape index (κ1) is 13.8. The Labute approximate surface area is 105 Å². The van der Waals surface area contributed by atoms with Crippen LogP contribution in [0.3, 0.4) is 0 Å². The van der Waals surface area contributed by atoms with Gasteiger partial charge in [0.15, 0.2) is 0 Å². The van der Waals surface area contributed by atoms with Crippen LogP contribution >= 0.6 is 11.6 Å². The van der Waals surface area contributed by atoms with Gasteiger partial charge in [-0.1, -0.05) is 11.6 Å². The van der Waals surface area contributed by atoms with E-state index in [0.717, 1.165) is 0 Å². The number of ether oxygens (including phenoxy) is 1. The van der Waals surface area contributed by atoms with Crippen LogP contribution in [0.15, 0.2) is 18.2 Å². The minimum atomic E-state index is -0.506. The molecule has 0 atom stereocenters. The van der Waals surface area contributed by atoms with Crippen molar-refractivity contribution in [1.82, 2.24) is 4.90 Å². The van der Waals surface area contributed by atoms with E-state index < -0.39 is 5.82 Å². The molecular formula is C12H15ClFNO2. The highest BCUT2D eigenvalue weighted by Gasteiger charge is 2.04. The van der Waals surface area contributed by atoms with Gasteiger partial charge in [-0.15, -0.1) is 0 Å². The molecule has 0 bridgehead atoms. The third-order valence-electron chi connectivity index (χ3n) is 2.19. The zero-order valence-electron chi connectivity index (χ0n) is 9.87. The topological polar surface area (TPSA) is 29.5 Å². The molecule has 17 heavy (non-hydrogen) atoms. The number of benzene rings is 1. The molecule has 0 aliphatic heterocycles. The number of hydrogen-bond acceptors (Lipinski definition) is 2. The van der Waals surface area contributed by atoms with Gasteiger partial charge in [-0.25, -0.2) is 4.39 Å². The monoisotopic (exact) mass is 259 g/mol. The third kappa shape index (κ3) is 4.61. The van der Waals surface area contributed by atoms with Crippen LogP contribution in [0.1, 0.15) is 12.8 Å². The van der Waals surface area contributed by atoms with E-state index in [0.29, 0.717) is 25.2 Å². The van der Waals surface area contributed by atoms with Crippen LogP contribution in [0.5, 0.6) is 5.75 Å². The summed E-state index contributed by atoms with van der Waals surface area (Å²) in [6, 6.07) is 4.27. The maximum atomic E-state index is 13.0. The zero-order valence-corrected chi connectivity index (χ0v) is 10.6. The van der Waals surface area contributed by atoms with E-state index in [1.807, 2.05) is 0 Å². The molecule has 1 rings (SSSR count). The van der Waals surface area contributed by atoms with Gasteiger partial charge in [0.2, 0.25) is 5.91 Å². The molecule has 1 aromatic rings. The van der Waals surface area contributed by atoms with Crippen LogP contribution < -0.4 is 4.74 Å². The fourth-order valence-electron chi connectivity index (χ4n) is 1.20. The molecule has 0 radical (unpaired) electrons. The normalized spacial score (nSPS) is 10.1. The molecule has 0 aromatic heterocycles. The van der Waals surface area contributed by atoms with Crippen LogP contribution in [-0.4, -0.2) is 31.5 Å². The van der Waals surface area contributed by atoms with Crippen LogP contribution in [0.2, 0.25) is 5.02 Å². The Balaban J connectivity index is 2.31. The summed E-state index contributed by atoms with van der Waals surface area (Å²) >= 11 is 5.54. The van der Waals surface area contributed by atoms with E-state index in [2.05, 4.69) is 0 Å². The van der Waals surface area contributed by atoms with Gasteiger partial charge in [-0.2, -0.15) is 0 Å². The number of hydrogen-bond donors (Lipinski definition) is 0. The van der Waals surface area contributed by atoms with Gasteiger partial charge in [0, 0.05) is 26.6 Å². The van der Waals surface area contributed by atoms with Gasteiger partial charge in [-0.3, -0.25) is 4.79 Å². The van der Waals surface area contributed by atoms with Crippen molar-refractivity contribution in [1.29, 1.82) is 0 Å². The number of carbonyl (C=O) groups excluding carboxylic acids is 1. The lowest BCUT2D eigenvalue weighted by Gasteiger charge is -2.10. The molecule has 1 aromatic carbocycles. The highest BCUT2D eigenvalue weighted by Crippen LogP contribution is 2.20. The summed E-state index contributed by atoms with van der Waals surface area (Å²) in [6.45, 7) is 0.376. The average molecular weight is 260 g/mol. The SMILES string of the molecule is CN(C)C(=O)CCCOc1ccc(Cl)c(F)c1. The first-order valence-corrected chi connectivity index (χ1v) is 5.66. The largest absolute Gasteiger partial charge is 0.493 e. The predicted octanol–water partition coefficient (Wildman–Crippen LogP) is 2.73. The summed E-state index contributed by atoms with van der Waals surface area (Å²) in [6.07, 6.45) is 1.02. The molecule has 1 amide bonds. The lowest BCUT2D eigenvalue weighted by molar-refractivity contribution is -0.128. The number of amides is 1. The summed E-state index contributed by atoms with van der Waals surface area (Å²) in [5.74, 6) is -0.0337. The van der Waals surface area contributed by atoms with E-state index in [1.165, 1.54) is 17.0 Å².